The highest BCUT2D eigenvalue weighted by Crippen LogP contribution is 2.11. The number of rotatable bonds is 3. The number of ether oxygens (including phenoxy) is 1. The highest BCUT2D eigenvalue weighted by Gasteiger charge is 2.22. The third-order valence-corrected chi connectivity index (χ3v) is 2.94. The summed E-state index contributed by atoms with van der Waals surface area (Å²) in [5, 5.41) is 5.83. The molecule has 1 N–H and O–H groups in total. The summed E-state index contributed by atoms with van der Waals surface area (Å²) in [6.07, 6.45) is 3.07. The summed E-state index contributed by atoms with van der Waals surface area (Å²) >= 11 is 1.57. The zero-order chi connectivity index (χ0) is 10.5. The van der Waals surface area contributed by atoms with Crippen LogP contribution in [0.4, 0.5) is 0 Å². The highest BCUT2D eigenvalue weighted by atomic mass is 32.1. The van der Waals surface area contributed by atoms with Crippen LogP contribution in [0.5, 0.6) is 0 Å². The lowest BCUT2D eigenvalue weighted by Crippen LogP contribution is -2.30. The Morgan fingerprint density at radius 3 is 3.33 bits per heavy atom. The molecule has 0 saturated carbocycles. The molecule has 0 aliphatic carbocycles. The number of thiophene rings is 1. The Labute approximate surface area is 91.9 Å². The van der Waals surface area contributed by atoms with Crippen molar-refractivity contribution in [3.63, 3.8) is 0 Å². The van der Waals surface area contributed by atoms with Crippen molar-refractivity contribution in [2.24, 2.45) is 5.10 Å². The van der Waals surface area contributed by atoms with Crippen molar-refractivity contribution >= 4 is 23.5 Å². The Morgan fingerprint density at radius 1 is 1.73 bits per heavy atom. The fourth-order valence-corrected chi connectivity index (χ4v) is 1.97. The molecule has 0 unspecified atom stereocenters. The molecule has 1 fully saturated rings. The van der Waals surface area contributed by atoms with Gasteiger partial charge in [0.2, 0.25) is 0 Å². The Kier molecular flexibility index (Phi) is 3.47. The van der Waals surface area contributed by atoms with Crippen molar-refractivity contribution in [1.29, 1.82) is 0 Å². The van der Waals surface area contributed by atoms with Crippen LogP contribution in [0.25, 0.3) is 0 Å². The summed E-state index contributed by atoms with van der Waals surface area (Å²) in [5.74, 6) is -0.152. The summed E-state index contributed by atoms with van der Waals surface area (Å²) in [4.78, 5) is 12.4. The second-order valence-electron chi connectivity index (χ2n) is 3.25. The number of hydrogen-bond acceptors (Lipinski definition) is 4. The van der Waals surface area contributed by atoms with Crippen molar-refractivity contribution in [2.45, 2.75) is 18.9 Å². The molecule has 1 aliphatic heterocycles. The molecule has 2 rings (SSSR count). The maximum atomic E-state index is 11.4. The van der Waals surface area contributed by atoms with Gasteiger partial charge in [-0.05, 0) is 24.3 Å². The number of nitrogens with zero attached hydrogens (tertiary/aromatic N) is 1. The third-order valence-electron chi connectivity index (χ3n) is 2.13. The van der Waals surface area contributed by atoms with E-state index in [0.29, 0.717) is 6.61 Å². The minimum Gasteiger partial charge on any atom is -0.368 e. The average Bonchev–Trinajstić information content (AvgIpc) is 2.90. The first-order chi connectivity index (χ1) is 7.36. The van der Waals surface area contributed by atoms with E-state index in [4.69, 9.17) is 4.74 Å². The quantitative estimate of drug-likeness (QED) is 0.623. The molecule has 15 heavy (non-hydrogen) atoms. The van der Waals surface area contributed by atoms with E-state index in [9.17, 15) is 4.79 Å². The largest absolute Gasteiger partial charge is 0.368 e. The van der Waals surface area contributed by atoms with Crippen molar-refractivity contribution in [1.82, 2.24) is 5.43 Å². The molecule has 1 saturated heterocycles. The van der Waals surface area contributed by atoms with Crippen molar-refractivity contribution in [3.8, 4) is 0 Å². The average molecular weight is 224 g/mol. The molecule has 0 radical (unpaired) electrons. The van der Waals surface area contributed by atoms with Crippen LogP contribution in [0.2, 0.25) is 0 Å². The molecule has 1 aromatic rings. The predicted molar refractivity (Wildman–Crippen MR) is 59.0 cm³/mol. The Morgan fingerprint density at radius 2 is 2.67 bits per heavy atom. The first-order valence-corrected chi connectivity index (χ1v) is 5.72. The second-order valence-corrected chi connectivity index (χ2v) is 4.23. The number of amides is 1. The molecular weight excluding hydrogens is 212 g/mol. The fourth-order valence-electron chi connectivity index (χ4n) is 1.38. The maximum absolute atomic E-state index is 11.4. The molecular formula is C10H12N2O2S. The van der Waals surface area contributed by atoms with Gasteiger partial charge < -0.3 is 4.74 Å². The summed E-state index contributed by atoms with van der Waals surface area (Å²) < 4.78 is 5.22. The third kappa shape index (κ3) is 2.87. The van der Waals surface area contributed by atoms with Gasteiger partial charge in [0.15, 0.2) is 0 Å². The van der Waals surface area contributed by atoms with E-state index in [1.807, 2.05) is 17.5 Å². The number of carbonyl (C=O) groups is 1. The van der Waals surface area contributed by atoms with E-state index in [2.05, 4.69) is 10.5 Å². The molecule has 80 valence electrons. The lowest BCUT2D eigenvalue weighted by atomic mass is 10.2. The predicted octanol–water partition coefficient (Wildman–Crippen LogP) is 1.38. The molecule has 0 bridgehead atoms. The zero-order valence-electron chi connectivity index (χ0n) is 8.18. The molecule has 1 aliphatic rings. The monoisotopic (exact) mass is 224 g/mol. The fraction of sp³-hybridized carbons (Fsp3) is 0.400. The van der Waals surface area contributed by atoms with Crippen LogP contribution >= 0.6 is 11.3 Å². The molecule has 5 heteroatoms. The highest BCUT2D eigenvalue weighted by molar-refractivity contribution is 7.11. The van der Waals surface area contributed by atoms with E-state index in [0.717, 1.165) is 17.7 Å². The second kappa shape index (κ2) is 5.04. The summed E-state index contributed by atoms with van der Waals surface area (Å²) in [6.45, 7) is 0.673. The normalized spacial score (nSPS) is 20.9. The molecule has 2 heterocycles. The van der Waals surface area contributed by atoms with Crippen LogP contribution in [-0.4, -0.2) is 24.8 Å². The van der Waals surface area contributed by atoms with E-state index >= 15 is 0 Å². The summed E-state index contributed by atoms with van der Waals surface area (Å²) in [7, 11) is 0. The van der Waals surface area contributed by atoms with E-state index in [1.54, 1.807) is 17.6 Å². The molecule has 1 atom stereocenters. The van der Waals surface area contributed by atoms with Gasteiger partial charge in [-0.2, -0.15) is 5.10 Å². The molecule has 4 nitrogen and oxygen atoms in total. The van der Waals surface area contributed by atoms with Gasteiger partial charge in [-0.15, -0.1) is 11.3 Å². The van der Waals surface area contributed by atoms with Crippen LogP contribution in [0.15, 0.2) is 22.6 Å². The van der Waals surface area contributed by atoms with Crippen molar-refractivity contribution in [3.05, 3.63) is 22.4 Å². The first-order valence-electron chi connectivity index (χ1n) is 4.84. The molecule has 0 aromatic carbocycles. The van der Waals surface area contributed by atoms with Gasteiger partial charge in [-0.1, -0.05) is 6.07 Å². The Hall–Kier alpha value is -1.20. The van der Waals surface area contributed by atoms with E-state index in [1.165, 1.54) is 0 Å². The minimum absolute atomic E-state index is 0.152. The molecule has 1 amide bonds. The van der Waals surface area contributed by atoms with Gasteiger partial charge in [-0.3, -0.25) is 4.79 Å². The molecule has 0 spiro atoms. The zero-order valence-corrected chi connectivity index (χ0v) is 9.00. The Balaban J connectivity index is 1.80. The smallest absolute Gasteiger partial charge is 0.269 e. The molecule has 1 aromatic heterocycles. The van der Waals surface area contributed by atoms with Crippen molar-refractivity contribution < 1.29 is 9.53 Å². The summed E-state index contributed by atoms with van der Waals surface area (Å²) in [6, 6.07) is 3.88. The number of hydrogen-bond donors (Lipinski definition) is 1. The summed E-state index contributed by atoms with van der Waals surface area (Å²) in [5.41, 5.74) is 2.48. The number of hydrazone groups is 1. The minimum atomic E-state index is -0.314. The number of nitrogens with one attached hydrogen (secondary N) is 1. The maximum Gasteiger partial charge on any atom is 0.269 e. The van der Waals surface area contributed by atoms with Crippen molar-refractivity contribution in [2.75, 3.05) is 6.61 Å². The first kappa shape index (κ1) is 10.3. The van der Waals surface area contributed by atoms with Crippen LogP contribution in [-0.2, 0) is 9.53 Å². The lowest BCUT2D eigenvalue weighted by Gasteiger charge is -2.05. The standard InChI is InChI=1S/C10H12N2O2S/c13-10(9-4-1-5-14-9)12-11-7-8-3-2-6-15-8/h2-3,6-7,9H,1,4-5H2,(H,12,13)/b11-7-/t9-/m0/s1. The number of carbonyl (C=O) groups excluding carboxylic acids is 1. The van der Waals surface area contributed by atoms with Crippen LogP contribution in [0, 0.1) is 0 Å². The van der Waals surface area contributed by atoms with Crippen LogP contribution in [0.3, 0.4) is 0 Å². The lowest BCUT2D eigenvalue weighted by molar-refractivity contribution is -0.130. The Bertz CT molecular complexity index is 342. The van der Waals surface area contributed by atoms with Gasteiger partial charge >= 0.3 is 0 Å². The van der Waals surface area contributed by atoms with Gasteiger partial charge in [0.05, 0.1) is 6.21 Å². The van der Waals surface area contributed by atoms with Gasteiger partial charge in [0.25, 0.3) is 5.91 Å². The van der Waals surface area contributed by atoms with Gasteiger partial charge in [0.1, 0.15) is 6.10 Å². The SMILES string of the molecule is O=C(N/N=C\c1cccs1)[C@@H]1CCCO1. The van der Waals surface area contributed by atoms with Crippen LogP contribution in [0.1, 0.15) is 17.7 Å². The topological polar surface area (TPSA) is 50.7 Å². The van der Waals surface area contributed by atoms with Crippen LogP contribution < -0.4 is 5.43 Å². The van der Waals surface area contributed by atoms with E-state index < -0.39 is 0 Å². The van der Waals surface area contributed by atoms with E-state index in [-0.39, 0.29) is 12.0 Å². The van der Waals surface area contributed by atoms with Gasteiger partial charge in [0, 0.05) is 11.5 Å². The van der Waals surface area contributed by atoms with Gasteiger partial charge in [-0.25, -0.2) is 5.43 Å².